The molecule has 12 rings (SSSR count). The van der Waals surface area contributed by atoms with Crippen LogP contribution in [0.5, 0.6) is 11.5 Å². The number of alkyl carbamates (subject to hydrolysis) is 1. The molecule has 0 saturated carbocycles. The first-order chi connectivity index (χ1) is 57.9. The number of carboxylic acids is 1. The van der Waals surface area contributed by atoms with Crippen molar-refractivity contribution in [1.29, 1.82) is 0 Å². The summed E-state index contributed by atoms with van der Waals surface area (Å²) in [6.45, 7) is 5.82. The van der Waals surface area contributed by atoms with E-state index in [2.05, 4.69) is 82.8 Å². The molecular weight excluding hydrogens is 1530 g/mol. The third-order valence-electron chi connectivity index (χ3n) is 20.7. The number of pyridine rings is 2. The van der Waals surface area contributed by atoms with Crippen LogP contribution in [0.1, 0.15) is 235 Å². The Balaban J connectivity index is 0.000000205. The molecule has 2 aromatic heterocycles. The molecule has 632 valence electrons. The Bertz CT molecular complexity index is 5050. The van der Waals surface area contributed by atoms with Gasteiger partial charge in [-0.05, 0) is 156 Å². The molecule has 6 aromatic carbocycles. The Kier molecular flexibility index (Phi) is 32.8. The van der Waals surface area contributed by atoms with Crippen molar-refractivity contribution in [2.45, 2.75) is 193 Å². The van der Waals surface area contributed by atoms with Gasteiger partial charge in [0, 0.05) is 74.6 Å². The molecule has 2 saturated heterocycles. The molecular formula is C91H106N12O17. The number of unbranched alkanes of at least 4 members (excludes halogenated alkanes) is 16. The largest absolute Gasteiger partial charge is 0.483 e. The molecule has 8 aromatic rings. The lowest BCUT2D eigenvalue weighted by Gasteiger charge is -2.27. The second kappa shape index (κ2) is 44.0. The van der Waals surface area contributed by atoms with Crippen molar-refractivity contribution in [3.8, 4) is 11.5 Å². The number of ether oxygens (including phenoxy) is 3. The van der Waals surface area contributed by atoms with Gasteiger partial charge in [0.2, 0.25) is 23.6 Å². The van der Waals surface area contributed by atoms with Crippen LogP contribution in [-0.2, 0) is 46.3 Å². The zero-order valence-electron chi connectivity index (χ0n) is 68.6. The minimum atomic E-state index is -1.23. The summed E-state index contributed by atoms with van der Waals surface area (Å²) in [6, 6.07) is 39.0. The van der Waals surface area contributed by atoms with Crippen LogP contribution in [0, 0.1) is 0 Å². The average molecular weight is 1640 g/mol. The minimum absolute atomic E-state index is 0.0160. The van der Waals surface area contributed by atoms with Crippen LogP contribution in [-0.4, -0.2) is 160 Å². The Hall–Kier alpha value is -13.0. The molecule has 0 aliphatic carbocycles. The number of hydrogen-bond donors (Lipinski definition) is 9. The first-order valence-electron chi connectivity index (χ1n) is 41.2. The van der Waals surface area contributed by atoms with Crippen molar-refractivity contribution in [2.75, 3.05) is 51.0 Å². The SMILES string of the molecule is CNC(=O)c1cnc2ccc(CCCCCCCCCCCNC(=O)COc3cccc4c3C(=O)N(C3CCC(=O)NC3=O)C4=O)cc2c1Nc1ccccc1.CNC(=O)c1cnc2ccc(CCCCCCCCCCCNC(=O)OC(C)(C)C)cc2c1Nc1ccccc1.O=C(O)COc1cccc2c1C(=O)N(C1CCC(=O)NC1=O)C2=O. The summed E-state index contributed by atoms with van der Waals surface area (Å²) in [7, 11) is 3.26. The van der Waals surface area contributed by atoms with Crippen LogP contribution in [0.15, 0.2) is 146 Å². The van der Waals surface area contributed by atoms with Crippen LogP contribution in [0.3, 0.4) is 0 Å². The molecule has 9 N–H and O–H groups in total. The highest BCUT2D eigenvalue weighted by atomic mass is 16.6. The summed E-state index contributed by atoms with van der Waals surface area (Å²) < 4.78 is 16.0. The van der Waals surface area contributed by atoms with Crippen molar-refractivity contribution in [3.05, 3.63) is 190 Å². The average Bonchev–Trinajstić information content (AvgIpc) is 1.52. The van der Waals surface area contributed by atoms with E-state index in [-0.39, 0.29) is 89.9 Å². The molecule has 12 amide bonds. The van der Waals surface area contributed by atoms with Gasteiger partial charge in [-0.15, -0.1) is 0 Å². The number of aromatic nitrogens is 2. The van der Waals surface area contributed by atoms with E-state index in [0.717, 1.165) is 125 Å². The molecule has 29 nitrogen and oxygen atoms in total. The molecule has 29 heteroatoms. The molecule has 0 bridgehead atoms. The lowest BCUT2D eigenvalue weighted by Crippen LogP contribution is -2.54. The van der Waals surface area contributed by atoms with Crippen molar-refractivity contribution < 1.29 is 81.6 Å². The second-order valence-electron chi connectivity index (χ2n) is 30.8. The number of hydrogen-bond acceptors (Lipinski definition) is 20. The third kappa shape index (κ3) is 24.8. The van der Waals surface area contributed by atoms with E-state index in [0.29, 0.717) is 24.2 Å². The number of aliphatic carboxylic acids is 1. The van der Waals surface area contributed by atoms with Crippen LogP contribution >= 0.6 is 0 Å². The number of benzene rings is 6. The third-order valence-corrected chi connectivity index (χ3v) is 20.7. The normalized spacial score (nSPS) is 14.8. The minimum Gasteiger partial charge on any atom is -0.483 e. The predicted molar refractivity (Wildman–Crippen MR) is 452 cm³/mol. The van der Waals surface area contributed by atoms with Crippen LogP contribution in [0.25, 0.3) is 21.8 Å². The molecule has 4 aliphatic heterocycles. The van der Waals surface area contributed by atoms with Gasteiger partial charge in [-0.2, -0.15) is 0 Å². The zero-order valence-corrected chi connectivity index (χ0v) is 68.6. The number of piperidine rings is 2. The van der Waals surface area contributed by atoms with Gasteiger partial charge < -0.3 is 51.2 Å². The zero-order chi connectivity index (χ0) is 85.7. The highest BCUT2D eigenvalue weighted by molar-refractivity contribution is 6.26. The smallest absolute Gasteiger partial charge is 0.407 e. The van der Waals surface area contributed by atoms with Gasteiger partial charge in [-0.25, -0.2) is 9.59 Å². The van der Waals surface area contributed by atoms with Gasteiger partial charge in [-0.3, -0.25) is 83.1 Å². The number of amides is 12. The number of carbonyl (C=O) groups excluding carboxylic acids is 12. The van der Waals surface area contributed by atoms with E-state index >= 15 is 0 Å². The Morgan fingerprint density at radius 3 is 1.25 bits per heavy atom. The summed E-state index contributed by atoms with van der Waals surface area (Å²) >= 11 is 0. The Labute approximate surface area is 697 Å². The van der Waals surface area contributed by atoms with Gasteiger partial charge in [-0.1, -0.05) is 151 Å². The first kappa shape index (κ1) is 89.4. The van der Waals surface area contributed by atoms with E-state index in [1.54, 1.807) is 32.6 Å². The number of anilines is 4. The number of nitrogens with zero attached hydrogens (tertiary/aromatic N) is 4. The first-order valence-corrected chi connectivity index (χ1v) is 41.2. The summed E-state index contributed by atoms with van der Waals surface area (Å²) in [4.78, 5) is 169. The standard InChI is InChI=1S/C43H48N6O7.C33H46N4O3.C15H12N2O7/c1-44-40(52)32-26-46-33-21-20-28(25-31(33)39(32)47-29-16-11-9-12-17-29)15-10-7-5-3-2-4-6-8-13-24-45-37(51)27-56-35-19-14-18-30-38(35)43(55)49(42(30)54)34-22-23-36(50)48-41(34)53;1-33(2,3)40-32(39)35-22-16-11-9-7-5-6-8-10-13-17-25-20-21-29-27(23-25)30(28(24-36-29)31(38)34-4)37-26-18-14-12-15-19-26;18-10-5-4-8(13(21)16-10)17-14(22)7-2-1-3-9(12(7)15(17)23)24-6-11(19)20/h9,11-12,14,16-21,25-26,34H,2-8,10,13,15,22-24,27H2,1H3,(H,44,52)(H,45,51)(H,46,47)(H,48,50,53);12,14-15,18-21,23-24H,5-11,13,16-17,22H2,1-4H3,(H,34,38)(H,35,39)(H,36,37);1-3,8H,4-6H2,(H,19,20)(H,16,18,21). The highest BCUT2D eigenvalue weighted by Gasteiger charge is 2.48. The van der Waals surface area contributed by atoms with Gasteiger partial charge in [0.05, 0.1) is 55.8 Å². The number of rotatable bonds is 38. The van der Waals surface area contributed by atoms with E-state index in [4.69, 9.17) is 19.3 Å². The van der Waals surface area contributed by atoms with Crippen molar-refractivity contribution in [3.63, 3.8) is 0 Å². The lowest BCUT2D eigenvalue weighted by molar-refractivity contribution is -0.139. The number of carboxylic acid groups (broad SMARTS) is 1. The molecule has 6 heterocycles. The summed E-state index contributed by atoms with van der Waals surface area (Å²) in [6.07, 6.45) is 25.6. The molecule has 0 radical (unpaired) electrons. The number of fused-ring (bicyclic) bond motifs is 4. The lowest BCUT2D eigenvalue weighted by atomic mass is 10.0. The van der Waals surface area contributed by atoms with Crippen LogP contribution in [0.4, 0.5) is 27.5 Å². The number of carbonyl (C=O) groups is 13. The highest BCUT2D eigenvalue weighted by Crippen LogP contribution is 2.38. The van der Waals surface area contributed by atoms with Gasteiger partial charge in [0.1, 0.15) is 29.2 Å². The van der Waals surface area contributed by atoms with Crippen molar-refractivity contribution in [1.82, 2.24) is 51.7 Å². The number of nitrogens with one attached hydrogen (secondary N) is 8. The predicted octanol–water partition coefficient (Wildman–Crippen LogP) is 13.5. The van der Waals surface area contributed by atoms with Crippen molar-refractivity contribution in [2.24, 2.45) is 0 Å². The summed E-state index contributed by atoms with van der Waals surface area (Å²) in [5, 5.41) is 32.9. The molecule has 2 fully saturated rings. The van der Waals surface area contributed by atoms with Crippen LogP contribution < -0.4 is 52.0 Å². The van der Waals surface area contributed by atoms with Gasteiger partial charge in [0.25, 0.3) is 41.4 Å². The fourth-order valence-corrected chi connectivity index (χ4v) is 14.7. The maximum atomic E-state index is 13.2. The number of aryl methyl sites for hydroxylation is 2. The van der Waals surface area contributed by atoms with Crippen molar-refractivity contribution >= 4 is 122 Å². The van der Waals surface area contributed by atoms with E-state index in [9.17, 15) is 62.3 Å². The molecule has 2 unspecified atom stereocenters. The van der Waals surface area contributed by atoms with Crippen LogP contribution in [0.2, 0.25) is 0 Å². The second-order valence-corrected chi connectivity index (χ2v) is 30.8. The molecule has 4 aliphatic rings. The maximum Gasteiger partial charge on any atom is 0.407 e. The Morgan fingerprint density at radius 2 is 0.858 bits per heavy atom. The maximum absolute atomic E-state index is 13.2. The number of para-hydroxylation sites is 2. The molecule has 0 spiro atoms. The van der Waals surface area contributed by atoms with Gasteiger partial charge >= 0.3 is 12.1 Å². The molecule has 120 heavy (non-hydrogen) atoms. The van der Waals surface area contributed by atoms with Gasteiger partial charge in [0.15, 0.2) is 13.2 Å². The molecule has 2 atom stereocenters. The number of imide groups is 4. The quantitative estimate of drug-likeness (QED) is 0.0128. The summed E-state index contributed by atoms with van der Waals surface area (Å²) in [5.41, 5.74) is 8.24. The monoisotopic (exact) mass is 1640 g/mol. The van der Waals surface area contributed by atoms with E-state index < -0.39 is 77.5 Å². The Morgan fingerprint density at radius 1 is 0.467 bits per heavy atom. The fraction of sp³-hybridized carbons (Fsp3) is 0.396. The fourth-order valence-electron chi connectivity index (χ4n) is 14.7. The van der Waals surface area contributed by atoms with E-state index in [1.165, 1.54) is 99.2 Å². The topological polar surface area (TPSA) is 398 Å². The van der Waals surface area contributed by atoms with E-state index in [1.807, 2.05) is 87.5 Å². The summed E-state index contributed by atoms with van der Waals surface area (Å²) in [5.74, 6) is -6.88.